The standard InChI is InChI=1S/C17H20O4S/c1-9-8-16(10(2)6-14(9)18)22(20,21)17-11(3)7-15(19)12(4)13(17)5/h6-8,18-19H,1-5H3. The molecular weight excluding hydrogens is 300 g/mol. The number of hydrogen-bond acceptors (Lipinski definition) is 4. The van der Waals surface area contributed by atoms with Gasteiger partial charge in [-0.05, 0) is 80.6 Å². The van der Waals surface area contributed by atoms with Crippen LogP contribution < -0.4 is 0 Å². The second-order valence-electron chi connectivity index (χ2n) is 5.70. The molecule has 0 fully saturated rings. The van der Waals surface area contributed by atoms with E-state index in [1.165, 1.54) is 18.2 Å². The molecule has 2 N–H and O–H groups in total. The molecule has 0 heterocycles. The number of phenols is 2. The molecule has 0 aliphatic rings. The highest BCUT2D eigenvalue weighted by Gasteiger charge is 2.26. The smallest absolute Gasteiger partial charge is 0.207 e. The van der Waals surface area contributed by atoms with Gasteiger partial charge in [-0.25, -0.2) is 8.42 Å². The van der Waals surface area contributed by atoms with Crippen LogP contribution in [-0.4, -0.2) is 18.6 Å². The average molecular weight is 320 g/mol. The first-order chi connectivity index (χ1) is 10.1. The van der Waals surface area contributed by atoms with Crippen molar-refractivity contribution in [3.63, 3.8) is 0 Å². The molecule has 0 saturated carbocycles. The van der Waals surface area contributed by atoms with Gasteiger partial charge in [0.2, 0.25) is 9.84 Å². The molecule has 0 spiro atoms. The highest BCUT2D eigenvalue weighted by atomic mass is 32.2. The highest BCUT2D eigenvalue weighted by Crippen LogP contribution is 2.35. The minimum Gasteiger partial charge on any atom is -0.508 e. The molecule has 4 nitrogen and oxygen atoms in total. The zero-order chi connectivity index (χ0) is 16.8. The van der Waals surface area contributed by atoms with Crippen LogP contribution in [0.2, 0.25) is 0 Å². The summed E-state index contributed by atoms with van der Waals surface area (Å²) in [4.78, 5) is 0.398. The molecule has 0 atom stereocenters. The highest BCUT2D eigenvalue weighted by molar-refractivity contribution is 7.91. The molecule has 0 saturated heterocycles. The molecule has 0 aliphatic carbocycles. The van der Waals surface area contributed by atoms with Gasteiger partial charge in [0, 0.05) is 0 Å². The lowest BCUT2D eigenvalue weighted by Crippen LogP contribution is -2.09. The Morgan fingerprint density at radius 2 is 1.27 bits per heavy atom. The fourth-order valence-corrected chi connectivity index (χ4v) is 4.70. The summed E-state index contributed by atoms with van der Waals surface area (Å²) in [6, 6.07) is 4.42. The topological polar surface area (TPSA) is 74.6 Å². The predicted molar refractivity (Wildman–Crippen MR) is 85.4 cm³/mol. The van der Waals surface area contributed by atoms with E-state index in [9.17, 15) is 18.6 Å². The number of aryl methyl sites for hydroxylation is 3. The van der Waals surface area contributed by atoms with E-state index in [0.29, 0.717) is 27.8 Å². The van der Waals surface area contributed by atoms with Crippen molar-refractivity contribution < 1.29 is 18.6 Å². The molecule has 0 amide bonds. The summed E-state index contributed by atoms with van der Waals surface area (Å²) in [5.74, 6) is 0.166. The van der Waals surface area contributed by atoms with Gasteiger partial charge < -0.3 is 10.2 Å². The summed E-state index contributed by atoms with van der Waals surface area (Å²) in [6.45, 7) is 8.37. The van der Waals surface area contributed by atoms with E-state index in [4.69, 9.17) is 0 Å². The number of phenolic OH excluding ortho intramolecular Hbond substituents is 2. The normalized spacial score (nSPS) is 11.7. The second kappa shape index (κ2) is 5.32. The quantitative estimate of drug-likeness (QED) is 0.888. The van der Waals surface area contributed by atoms with Crippen molar-refractivity contribution in [1.82, 2.24) is 0 Å². The third kappa shape index (κ3) is 2.46. The van der Waals surface area contributed by atoms with Crippen LogP contribution in [-0.2, 0) is 9.84 Å². The molecule has 0 aliphatic heterocycles. The fraction of sp³-hybridized carbons (Fsp3) is 0.294. The first-order valence-electron chi connectivity index (χ1n) is 6.92. The third-order valence-electron chi connectivity index (χ3n) is 4.05. The van der Waals surface area contributed by atoms with Crippen LogP contribution in [0.1, 0.15) is 27.8 Å². The Balaban J connectivity index is 2.83. The summed E-state index contributed by atoms with van der Waals surface area (Å²) < 4.78 is 26.1. The molecule has 2 aromatic rings. The van der Waals surface area contributed by atoms with Crippen LogP contribution in [0, 0.1) is 34.6 Å². The maximum atomic E-state index is 13.1. The van der Waals surface area contributed by atoms with Crippen molar-refractivity contribution in [1.29, 1.82) is 0 Å². The Morgan fingerprint density at radius 3 is 1.86 bits per heavy atom. The number of aromatic hydroxyl groups is 2. The van der Waals surface area contributed by atoms with Gasteiger partial charge in [-0.3, -0.25) is 0 Å². The molecule has 0 aromatic heterocycles. The van der Waals surface area contributed by atoms with Gasteiger partial charge in [0.05, 0.1) is 9.79 Å². The van der Waals surface area contributed by atoms with Crippen LogP contribution in [0.25, 0.3) is 0 Å². The predicted octanol–water partition coefficient (Wildman–Crippen LogP) is 3.47. The van der Waals surface area contributed by atoms with Gasteiger partial charge in [-0.2, -0.15) is 0 Å². The van der Waals surface area contributed by atoms with Gasteiger partial charge in [0.15, 0.2) is 0 Å². The minimum absolute atomic E-state index is 0.0757. The Hall–Kier alpha value is -2.01. The van der Waals surface area contributed by atoms with E-state index in [1.54, 1.807) is 34.6 Å². The van der Waals surface area contributed by atoms with Gasteiger partial charge >= 0.3 is 0 Å². The van der Waals surface area contributed by atoms with Crippen LogP contribution in [0.3, 0.4) is 0 Å². The van der Waals surface area contributed by atoms with Crippen molar-refractivity contribution in [3.8, 4) is 11.5 Å². The number of sulfone groups is 1. The summed E-state index contributed by atoms with van der Waals surface area (Å²) in [5, 5.41) is 19.6. The maximum Gasteiger partial charge on any atom is 0.207 e. The Morgan fingerprint density at radius 1 is 0.727 bits per heavy atom. The Bertz CT molecular complexity index is 865. The lowest BCUT2D eigenvalue weighted by Gasteiger charge is -2.16. The van der Waals surface area contributed by atoms with Crippen molar-refractivity contribution in [2.45, 2.75) is 44.4 Å². The fourth-order valence-electron chi connectivity index (χ4n) is 2.62. The molecule has 2 rings (SSSR count). The van der Waals surface area contributed by atoms with Crippen molar-refractivity contribution >= 4 is 9.84 Å². The lowest BCUT2D eigenvalue weighted by molar-refractivity contribution is 0.469. The molecule has 0 bridgehead atoms. The van der Waals surface area contributed by atoms with Crippen LogP contribution in [0.15, 0.2) is 28.0 Å². The summed E-state index contributed by atoms with van der Waals surface area (Å²) in [5.41, 5.74) is 2.60. The van der Waals surface area contributed by atoms with E-state index in [2.05, 4.69) is 0 Å². The van der Waals surface area contributed by atoms with E-state index in [1.807, 2.05) is 0 Å². The summed E-state index contributed by atoms with van der Waals surface area (Å²) in [7, 11) is -3.73. The van der Waals surface area contributed by atoms with E-state index in [-0.39, 0.29) is 21.3 Å². The summed E-state index contributed by atoms with van der Waals surface area (Å²) in [6.07, 6.45) is 0. The molecule has 118 valence electrons. The molecule has 5 heteroatoms. The summed E-state index contributed by atoms with van der Waals surface area (Å²) >= 11 is 0. The van der Waals surface area contributed by atoms with Crippen LogP contribution in [0.4, 0.5) is 0 Å². The first-order valence-corrected chi connectivity index (χ1v) is 8.40. The maximum absolute atomic E-state index is 13.1. The molecule has 0 radical (unpaired) electrons. The van der Waals surface area contributed by atoms with Crippen LogP contribution in [0.5, 0.6) is 11.5 Å². The van der Waals surface area contributed by atoms with Gasteiger partial charge in [-0.1, -0.05) is 0 Å². The number of rotatable bonds is 2. The average Bonchev–Trinajstić information content (AvgIpc) is 2.39. The molecule has 22 heavy (non-hydrogen) atoms. The third-order valence-corrected chi connectivity index (χ3v) is 6.23. The monoisotopic (exact) mass is 320 g/mol. The van der Waals surface area contributed by atoms with Crippen molar-refractivity contribution in [3.05, 3.63) is 46.0 Å². The number of benzene rings is 2. The Labute approximate surface area is 131 Å². The van der Waals surface area contributed by atoms with Crippen molar-refractivity contribution in [2.75, 3.05) is 0 Å². The van der Waals surface area contributed by atoms with Gasteiger partial charge in [0.1, 0.15) is 11.5 Å². The largest absolute Gasteiger partial charge is 0.508 e. The number of hydrogen-bond donors (Lipinski definition) is 2. The van der Waals surface area contributed by atoms with Gasteiger partial charge in [-0.15, -0.1) is 0 Å². The zero-order valence-corrected chi connectivity index (χ0v) is 14.2. The van der Waals surface area contributed by atoms with Crippen LogP contribution >= 0.6 is 0 Å². The molecule has 2 aromatic carbocycles. The van der Waals surface area contributed by atoms with E-state index < -0.39 is 9.84 Å². The SMILES string of the molecule is Cc1cc(S(=O)(=O)c2c(C)cc(O)c(C)c2C)c(C)cc1O. The second-order valence-corrected chi connectivity index (χ2v) is 7.55. The lowest BCUT2D eigenvalue weighted by atomic mass is 10.1. The van der Waals surface area contributed by atoms with Gasteiger partial charge in [0.25, 0.3) is 0 Å². The van der Waals surface area contributed by atoms with E-state index in [0.717, 1.165) is 0 Å². The zero-order valence-electron chi connectivity index (χ0n) is 13.4. The minimum atomic E-state index is -3.73. The first kappa shape index (κ1) is 16.4. The van der Waals surface area contributed by atoms with Crippen molar-refractivity contribution in [2.24, 2.45) is 0 Å². The van der Waals surface area contributed by atoms with E-state index >= 15 is 0 Å². The molecular formula is C17H20O4S. The Kier molecular flexibility index (Phi) is 3.96. The molecule has 0 unspecified atom stereocenters.